The molecule has 0 aliphatic heterocycles. The number of anilines is 1. The Morgan fingerprint density at radius 1 is 1.40 bits per heavy atom. The van der Waals surface area contributed by atoms with Gasteiger partial charge in [-0.05, 0) is 30.7 Å². The highest BCUT2D eigenvalue weighted by Crippen LogP contribution is 2.11. The van der Waals surface area contributed by atoms with Gasteiger partial charge in [-0.15, -0.1) is 0 Å². The van der Waals surface area contributed by atoms with E-state index in [-0.39, 0.29) is 11.6 Å². The van der Waals surface area contributed by atoms with Crippen LogP contribution in [0.25, 0.3) is 0 Å². The van der Waals surface area contributed by atoms with Crippen LogP contribution in [-0.2, 0) is 0 Å². The van der Waals surface area contributed by atoms with E-state index in [1.807, 2.05) is 31.2 Å². The number of hydrogen-bond donors (Lipinski definition) is 2. The van der Waals surface area contributed by atoms with Crippen LogP contribution < -0.4 is 10.1 Å². The van der Waals surface area contributed by atoms with E-state index in [1.165, 1.54) is 12.3 Å². The number of ether oxygens (including phenoxy) is 1. The van der Waals surface area contributed by atoms with Crippen molar-refractivity contribution in [2.24, 2.45) is 0 Å². The van der Waals surface area contributed by atoms with Gasteiger partial charge in [-0.3, -0.25) is 0 Å². The van der Waals surface area contributed by atoms with Gasteiger partial charge in [0.1, 0.15) is 12.4 Å². The molecule has 20 heavy (non-hydrogen) atoms. The smallest absolute Gasteiger partial charge is 0.354 e. The number of nitrogens with one attached hydrogen (secondary N) is 1. The molecule has 2 N–H and O–H groups in total. The second kappa shape index (κ2) is 6.51. The molecular formula is C14H15N3O3. The summed E-state index contributed by atoms with van der Waals surface area (Å²) in [6.07, 6.45) is 1.40. The monoisotopic (exact) mass is 273 g/mol. The Morgan fingerprint density at radius 2 is 2.25 bits per heavy atom. The van der Waals surface area contributed by atoms with E-state index in [0.717, 1.165) is 11.3 Å². The first-order valence-corrected chi connectivity index (χ1v) is 6.15. The third-order valence-corrected chi connectivity index (χ3v) is 2.52. The minimum atomic E-state index is -1.08. The number of benzene rings is 1. The van der Waals surface area contributed by atoms with Gasteiger partial charge in [-0.2, -0.15) is 0 Å². The van der Waals surface area contributed by atoms with Gasteiger partial charge in [-0.1, -0.05) is 12.1 Å². The maximum absolute atomic E-state index is 10.8. The van der Waals surface area contributed by atoms with E-state index in [9.17, 15) is 4.79 Å². The highest BCUT2D eigenvalue weighted by molar-refractivity contribution is 5.85. The molecule has 0 fully saturated rings. The Balaban J connectivity index is 1.81. The van der Waals surface area contributed by atoms with Gasteiger partial charge in [-0.25, -0.2) is 14.8 Å². The molecule has 0 radical (unpaired) electrons. The van der Waals surface area contributed by atoms with E-state index in [1.54, 1.807) is 0 Å². The van der Waals surface area contributed by atoms with Crippen molar-refractivity contribution in [1.82, 2.24) is 9.97 Å². The van der Waals surface area contributed by atoms with Crippen LogP contribution in [0.4, 0.5) is 5.95 Å². The first kappa shape index (κ1) is 13.8. The van der Waals surface area contributed by atoms with E-state index in [2.05, 4.69) is 15.3 Å². The summed E-state index contributed by atoms with van der Waals surface area (Å²) in [6.45, 7) is 2.91. The molecule has 1 aromatic carbocycles. The third kappa shape index (κ3) is 3.94. The van der Waals surface area contributed by atoms with Crippen molar-refractivity contribution >= 4 is 11.9 Å². The molecule has 0 spiro atoms. The Kier molecular flexibility index (Phi) is 4.49. The molecule has 0 bridgehead atoms. The molecule has 0 saturated heterocycles. The molecule has 6 nitrogen and oxygen atoms in total. The van der Waals surface area contributed by atoms with Crippen LogP contribution in [0.2, 0.25) is 0 Å². The fraction of sp³-hybridized carbons (Fsp3) is 0.214. The van der Waals surface area contributed by atoms with Crippen molar-refractivity contribution in [2.75, 3.05) is 18.5 Å². The Morgan fingerprint density at radius 3 is 3.00 bits per heavy atom. The summed E-state index contributed by atoms with van der Waals surface area (Å²) >= 11 is 0. The summed E-state index contributed by atoms with van der Waals surface area (Å²) in [5.74, 6) is -0.00351. The lowest BCUT2D eigenvalue weighted by Gasteiger charge is -2.08. The zero-order valence-electron chi connectivity index (χ0n) is 11.0. The van der Waals surface area contributed by atoms with Gasteiger partial charge in [0.2, 0.25) is 5.95 Å². The van der Waals surface area contributed by atoms with Crippen molar-refractivity contribution in [3.8, 4) is 5.75 Å². The van der Waals surface area contributed by atoms with Crippen LogP contribution >= 0.6 is 0 Å². The summed E-state index contributed by atoms with van der Waals surface area (Å²) in [4.78, 5) is 18.6. The lowest BCUT2D eigenvalue weighted by atomic mass is 10.2. The molecule has 2 rings (SSSR count). The summed E-state index contributed by atoms with van der Waals surface area (Å²) in [6, 6.07) is 9.10. The van der Waals surface area contributed by atoms with Crippen LogP contribution in [0.1, 0.15) is 16.1 Å². The van der Waals surface area contributed by atoms with Crippen molar-refractivity contribution in [3.05, 3.63) is 47.8 Å². The quantitative estimate of drug-likeness (QED) is 0.783. The molecule has 104 valence electrons. The number of carboxylic acids is 1. The number of aromatic nitrogens is 2. The number of nitrogens with zero attached hydrogens (tertiary/aromatic N) is 2. The van der Waals surface area contributed by atoms with Crippen molar-refractivity contribution in [2.45, 2.75) is 6.92 Å². The molecule has 0 aliphatic rings. The van der Waals surface area contributed by atoms with Crippen LogP contribution in [0.3, 0.4) is 0 Å². The fourth-order valence-corrected chi connectivity index (χ4v) is 1.60. The second-order valence-corrected chi connectivity index (χ2v) is 4.16. The molecular weight excluding hydrogens is 258 g/mol. The van der Waals surface area contributed by atoms with Crippen LogP contribution in [0.5, 0.6) is 5.75 Å². The van der Waals surface area contributed by atoms with Gasteiger partial charge in [0.25, 0.3) is 0 Å². The van der Waals surface area contributed by atoms with Crippen LogP contribution in [0.15, 0.2) is 36.5 Å². The van der Waals surface area contributed by atoms with E-state index < -0.39 is 5.97 Å². The van der Waals surface area contributed by atoms with Crippen molar-refractivity contribution in [1.29, 1.82) is 0 Å². The van der Waals surface area contributed by atoms with Crippen LogP contribution in [0, 0.1) is 6.92 Å². The molecule has 2 aromatic rings. The predicted molar refractivity (Wildman–Crippen MR) is 74.2 cm³/mol. The first-order valence-electron chi connectivity index (χ1n) is 6.15. The molecule has 1 heterocycles. The standard InChI is InChI=1S/C14H15N3O3/c1-10-3-2-4-11(9-10)20-8-7-16-14-15-6-5-12(17-14)13(18)19/h2-6,9H,7-8H2,1H3,(H,18,19)(H,15,16,17). The van der Waals surface area contributed by atoms with E-state index in [4.69, 9.17) is 9.84 Å². The maximum Gasteiger partial charge on any atom is 0.354 e. The average Bonchev–Trinajstić information content (AvgIpc) is 2.44. The maximum atomic E-state index is 10.8. The number of carbonyl (C=O) groups is 1. The molecule has 0 atom stereocenters. The van der Waals surface area contributed by atoms with Gasteiger partial charge >= 0.3 is 5.97 Å². The largest absolute Gasteiger partial charge is 0.492 e. The van der Waals surface area contributed by atoms with Crippen molar-refractivity contribution < 1.29 is 14.6 Å². The van der Waals surface area contributed by atoms with E-state index in [0.29, 0.717) is 13.2 Å². The zero-order chi connectivity index (χ0) is 14.4. The van der Waals surface area contributed by atoms with Gasteiger partial charge in [0, 0.05) is 6.20 Å². The molecule has 0 unspecified atom stereocenters. The summed E-state index contributed by atoms with van der Waals surface area (Å²) < 4.78 is 5.55. The predicted octanol–water partition coefficient (Wildman–Crippen LogP) is 1.97. The topological polar surface area (TPSA) is 84.3 Å². The fourth-order valence-electron chi connectivity index (χ4n) is 1.60. The van der Waals surface area contributed by atoms with Gasteiger partial charge in [0.05, 0.1) is 6.54 Å². The average molecular weight is 273 g/mol. The number of hydrogen-bond acceptors (Lipinski definition) is 5. The normalized spacial score (nSPS) is 10.1. The second-order valence-electron chi connectivity index (χ2n) is 4.16. The van der Waals surface area contributed by atoms with E-state index >= 15 is 0 Å². The molecule has 0 saturated carbocycles. The number of aromatic carboxylic acids is 1. The lowest BCUT2D eigenvalue weighted by Crippen LogP contribution is -2.14. The highest BCUT2D eigenvalue weighted by atomic mass is 16.5. The van der Waals surface area contributed by atoms with Crippen molar-refractivity contribution in [3.63, 3.8) is 0 Å². The lowest BCUT2D eigenvalue weighted by molar-refractivity contribution is 0.0690. The summed E-state index contributed by atoms with van der Waals surface area (Å²) in [5, 5.41) is 11.7. The molecule has 6 heteroatoms. The Hall–Kier alpha value is -2.63. The van der Waals surface area contributed by atoms with Gasteiger partial charge < -0.3 is 15.2 Å². The van der Waals surface area contributed by atoms with Gasteiger partial charge in [0.15, 0.2) is 5.69 Å². The summed E-state index contributed by atoms with van der Waals surface area (Å²) in [7, 11) is 0. The minimum absolute atomic E-state index is 0.0397. The first-order chi connectivity index (χ1) is 9.65. The number of aryl methyl sites for hydroxylation is 1. The highest BCUT2D eigenvalue weighted by Gasteiger charge is 2.05. The third-order valence-electron chi connectivity index (χ3n) is 2.52. The molecule has 0 amide bonds. The minimum Gasteiger partial charge on any atom is -0.492 e. The SMILES string of the molecule is Cc1cccc(OCCNc2nccc(C(=O)O)n2)c1. The Bertz CT molecular complexity index is 602. The molecule has 0 aliphatic carbocycles. The number of carboxylic acid groups (broad SMARTS) is 1. The van der Waals surface area contributed by atoms with Crippen LogP contribution in [-0.4, -0.2) is 34.2 Å². The summed E-state index contributed by atoms with van der Waals surface area (Å²) in [5.41, 5.74) is 1.09. The number of rotatable bonds is 6. The Labute approximate surface area is 116 Å². The zero-order valence-corrected chi connectivity index (χ0v) is 11.0. The molecule has 1 aromatic heterocycles.